The Hall–Kier alpha value is -0.763. The standard InChI is InChI=1S/C20H37NSi/c1-9-20(15-17(2)3,16-18(4)5)21(22(6,7)8)19-13-11-10-12-14-19/h10-14,17-18H,9,15-16H2,1-8H3. The molecule has 2 heteroatoms. The molecular weight excluding hydrogens is 282 g/mol. The van der Waals surface area contributed by atoms with Crippen LogP contribution in [0.4, 0.5) is 5.69 Å². The molecule has 0 bridgehead atoms. The molecular formula is C20H37NSi. The highest BCUT2D eigenvalue weighted by Crippen LogP contribution is 2.40. The zero-order chi connectivity index (χ0) is 17.0. The van der Waals surface area contributed by atoms with Gasteiger partial charge in [-0.1, -0.05) is 72.5 Å². The van der Waals surface area contributed by atoms with Crippen molar-refractivity contribution in [1.29, 1.82) is 0 Å². The third-order valence-electron chi connectivity index (χ3n) is 4.39. The van der Waals surface area contributed by atoms with Gasteiger partial charge in [-0.25, -0.2) is 0 Å². The van der Waals surface area contributed by atoms with Gasteiger partial charge in [-0.2, -0.15) is 0 Å². The van der Waals surface area contributed by atoms with E-state index in [1.165, 1.54) is 24.9 Å². The summed E-state index contributed by atoms with van der Waals surface area (Å²) in [4.78, 5) is 0. The van der Waals surface area contributed by atoms with E-state index in [-0.39, 0.29) is 5.54 Å². The Morgan fingerprint density at radius 1 is 0.909 bits per heavy atom. The van der Waals surface area contributed by atoms with E-state index < -0.39 is 8.24 Å². The summed E-state index contributed by atoms with van der Waals surface area (Å²) in [5.74, 6) is 1.45. The van der Waals surface area contributed by atoms with Crippen LogP contribution in [0.25, 0.3) is 0 Å². The smallest absolute Gasteiger partial charge is 0.148 e. The molecule has 0 aliphatic heterocycles. The van der Waals surface area contributed by atoms with Gasteiger partial charge in [-0.3, -0.25) is 0 Å². The fraction of sp³-hybridized carbons (Fsp3) is 0.700. The molecule has 0 aliphatic rings. The highest BCUT2D eigenvalue weighted by atomic mass is 28.3. The number of hydrogen-bond donors (Lipinski definition) is 0. The number of para-hydroxylation sites is 1. The Morgan fingerprint density at radius 2 is 1.36 bits per heavy atom. The predicted octanol–water partition coefficient (Wildman–Crippen LogP) is 6.57. The second-order valence-corrected chi connectivity index (χ2v) is 13.4. The van der Waals surface area contributed by atoms with Crippen molar-refractivity contribution >= 4 is 13.9 Å². The van der Waals surface area contributed by atoms with E-state index in [9.17, 15) is 0 Å². The van der Waals surface area contributed by atoms with Gasteiger partial charge in [0, 0.05) is 11.2 Å². The molecule has 126 valence electrons. The van der Waals surface area contributed by atoms with Crippen LogP contribution in [0.3, 0.4) is 0 Å². The summed E-state index contributed by atoms with van der Waals surface area (Å²) >= 11 is 0. The van der Waals surface area contributed by atoms with E-state index in [4.69, 9.17) is 0 Å². The molecule has 1 rings (SSSR count). The predicted molar refractivity (Wildman–Crippen MR) is 104 cm³/mol. The van der Waals surface area contributed by atoms with Gasteiger partial charge in [0.1, 0.15) is 8.24 Å². The zero-order valence-electron chi connectivity index (χ0n) is 16.1. The van der Waals surface area contributed by atoms with E-state index in [1.807, 2.05) is 0 Å². The highest BCUT2D eigenvalue weighted by molar-refractivity contribution is 6.80. The molecule has 0 amide bonds. The summed E-state index contributed by atoms with van der Waals surface area (Å²) in [5.41, 5.74) is 1.71. The van der Waals surface area contributed by atoms with Crippen molar-refractivity contribution in [3.63, 3.8) is 0 Å². The third-order valence-corrected chi connectivity index (χ3v) is 6.47. The lowest BCUT2D eigenvalue weighted by atomic mass is 9.79. The Kier molecular flexibility index (Phi) is 6.73. The molecule has 0 saturated heterocycles. The lowest BCUT2D eigenvalue weighted by Crippen LogP contribution is -2.61. The molecule has 0 spiro atoms. The molecule has 0 atom stereocenters. The highest BCUT2D eigenvalue weighted by Gasteiger charge is 2.42. The Bertz CT molecular complexity index is 421. The van der Waals surface area contributed by atoms with E-state index in [1.54, 1.807) is 0 Å². The number of anilines is 1. The van der Waals surface area contributed by atoms with E-state index in [0.717, 1.165) is 11.8 Å². The van der Waals surface area contributed by atoms with Crippen molar-refractivity contribution in [3.05, 3.63) is 30.3 Å². The van der Waals surface area contributed by atoms with Crippen LogP contribution >= 0.6 is 0 Å². The molecule has 0 N–H and O–H groups in total. The largest absolute Gasteiger partial charge is 0.393 e. The second kappa shape index (κ2) is 7.67. The first-order chi connectivity index (χ1) is 10.1. The lowest BCUT2D eigenvalue weighted by molar-refractivity contribution is 0.277. The molecule has 1 nitrogen and oxygen atoms in total. The van der Waals surface area contributed by atoms with Crippen LogP contribution in [0.1, 0.15) is 53.9 Å². The Labute approximate surface area is 140 Å². The monoisotopic (exact) mass is 319 g/mol. The molecule has 0 unspecified atom stereocenters. The number of rotatable bonds is 8. The second-order valence-electron chi connectivity index (χ2n) is 8.62. The number of hydrogen-bond acceptors (Lipinski definition) is 1. The number of benzene rings is 1. The summed E-state index contributed by atoms with van der Waals surface area (Å²) in [6.07, 6.45) is 3.78. The SMILES string of the molecule is CCC(CC(C)C)(CC(C)C)N(c1ccccc1)[Si](C)(C)C. The van der Waals surface area contributed by atoms with Crippen molar-refractivity contribution in [2.24, 2.45) is 11.8 Å². The Morgan fingerprint density at radius 3 is 1.68 bits per heavy atom. The first-order valence-corrected chi connectivity index (χ1v) is 12.4. The minimum atomic E-state index is -1.48. The summed E-state index contributed by atoms with van der Waals surface area (Å²) in [6.45, 7) is 19.4. The normalized spacial score (nSPS) is 13.0. The van der Waals surface area contributed by atoms with E-state index in [2.05, 4.69) is 89.2 Å². The molecule has 0 heterocycles. The van der Waals surface area contributed by atoms with Crippen molar-refractivity contribution in [2.75, 3.05) is 4.57 Å². The summed E-state index contributed by atoms with van der Waals surface area (Å²) in [5, 5.41) is 0. The van der Waals surface area contributed by atoms with E-state index >= 15 is 0 Å². The van der Waals surface area contributed by atoms with Crippen LogP contribution in [0, 0.1) is 11.8 Å². The van der Waals surface area contributed by atoms with Crippen LogP contribution in [0.2, 0.25) is 19.6 Å². The van der Waals surface area contributed by atoms with Gasteiger partial charge in [-0.15, -0.1) is 0 Å². The van der Waals surface area contributed by atoms with Crippen molar-refractivity contribution in [1.82, 2.24) is 0 Å². The average molecular weight is 320 g/mol. The van der Waals surface area contributed by atoms with Gasteiger partial charge in [0.25, 0.3) is 0 Å². The molecule has 0 saturated carbocycles. The first-order valence-electron chi connectivity index (χ1n) is 8.98. The molecule has 0 radical (unpaired) electrons. The molecule has 22 heavy (non-hydrogen) atoms. The van der Waals surface area contributed by atoms with Gasteiger partial charge >= 0.3 is 0 Å². The minimum absolute atomic E-state index is 0.286. The third kappa shape index (κ3) is 4.87. The van der Waals surface area contributed by atoms with Crippen LogP contribution in [0.15, 0.2) is 30.3 Å². The fourth-order valence-corrected chi connectivity index (χ4v) is 6.87. The summed E-state index contributed by atoms with van der Waals surface area (Å²) in [7, 11) is -1.48. The maximum absolute atomic E-state index is 2.85. The first kappa shape index (κ1) is 19.3. The van der Waals surface area contributed by atoms with Crippen molar-refractivity contribution < 1.29 is 0 Å². The summed E-state index contributed by atoms with van der Waals surface area (Å²) < 4.78 is 2.85. The fourth-order valence-electron chi connectivity index (χ4n) is 4.18. The average Bonchev–Trinajstić information content (AvgIpc) is 2.36. The maximum Gasteiger partial charge on any atom is 0.148 e. The lowest BCUT2D eigenvalue weighted by Gasteiger charge is -2.54. The van der Waals surface area contributed by atoms with Crippen LogP contribution in [0.5, 0.6) is 0 Å². The van der Waals surface area contributed by atoms with Gasteiger partial charge in [0.2, 0.25) is 0 Å². The molecule has 1 aromatic carbocycles. The van der Waals surface area contributed by atoms with Crippen LogP contribution < -0.4 is 4.57 Å². The van der Waals surface area contributed by atoms with Crippen LogP contribution in [-0.4, -0.2) is 13.8 Å². The zero-order valence-corrected chi connectivity index (χ0v) is 17.1. The van der Waals surface area contributed by atoms with Crippen molar-refractivity contribution in [2.45, 2.75) is 79.1 Å². The number of nitrogens with zero attached hydrogens (tertiary/aromatic N) is 1. The molecule has 1 aromatic rings. The molecule has 0 aromatic heterocycles. The summed E-state index contributed by atoms with van der Waals surface area (Å²) in [6, 6.07) is 11.1. The van der Waals surface area contributed by atoms with Gasteiger partial charge in [0.15, 0.2) is 0 Å². The van der Waals surface area contributed by atoms with Crippen LogP contribution in [-0.2, 0) is 0 Å². The molecule has 0 aliphatic carbocycles. The molecule has 0 fully saturated rings. The van der Waals surface area contributed by atoms with Gasteiger partial charge in [0.05, 0.1) is 0 Å². The van der Waals surface area contributed by atoms with Crippen molar-refractivity contribution in [3.8, 4) is 0 Å². The maximum atomic E-state index is 2.85. The minimum Gasteiger partial charge on any atom is -0.393 e. The quantitative estimate of drug-likeness (QED) is 0.490. The topological polar surface area (TPSA) is 3.24 Å². The Balaban J connectivity index is 3.42. The van der Waals surface area contributed by atoms with Gasteiger partial charge < -0.3 is 4.57 Å². The van der Waals surface area contributed by atoms with Gasteiger partial charge in [-0.05, 0) is 43.2 Å². The van der Waals surface area contributed by atoms with E-state index in [0.29, 0.717) is 0 Å².